The van der Waals surface area contributed by atoms with Crippen molar-refractivity contribution in [1.82, 2.24) is 5.32 Å². The molecule has 1 amide bonds. The van der Waals surface area contributed by atoms with E-state index in [-0.39, 0.29) is 11.9 Å². The lowest BCUT2D eigenvalue weighted by atomic mass is 9.86. The quantitative estimate of drug-likeness (QED) is 0.925. The molecule has 0 saturated heterocycles. The topological polar surface area (TPSA) is 62.1 Å². The number of carbonyl (C=O) groups excluding carboxylic acids is 1. The number of ether oxygens (including phenoxy) is 1. The van der Waals surface area contributed by atoms with Crippen molar-refractivity contribution in [3.05, 3.63) is 29.8 Å². The number of benzene rings is 1. The maximum absolute atomic E-state index is 12.2. The zero-order chi connectivity index (χ0) is 15.2. The fraction of sp³-hybridized carbons (Fsp3) is 0.529. The second-order valence-electron chi connectivity index (χ2n) is 5.77. The van der Waals surface area contributed by atoms with Gasteiger partial charge in [0.1, 0.15) is 5.75 Å². The molecule has 0 radical (unpaired) electrons. The van der Waals surface area contributed by atoms with Crippen LogP contribution in [0.4, 0.5) is 0 Å². The van der Waals surface area contributed by atoms with Crippen LogP contribution in [0.3, 0.4) is 0 Å². The standard InChI is InChI=1S/C17H22N2O2/c1-12-5-3-4-6-16(12)19-17(20)13(2)21-15-9-7-14(11-18)8-10-15/h7-10,12-13,16H,3-6H2,1-2H3,(H,19,20). The first-order valence-electron chi connectivity index (χ1n) is 7.57. The van der Waals surface area contributed by atoms with E-state index in [9.17, 15) is 4.79 Å². The number of nitrogens with one attached hydrogen (secondary N) is 1. The fourth-order valence-electron chi connectivity index (χ4n) is 2.70. The van der Waals surface area contributed by atoms with Crippen LogP contribution in [0.15, 0.2) is 24.3 Å². The summed E-state index contributed by atoms with van der Waals surface area (Å²) < 4.78 is 5.63. The molecule has 4 nitrogen and oxygen atoms in total. The third-order valence-electron chi connectivity index (χ3n) is 4.10. The lowest BCUT2D eigenvalue weighted by Crippen LogP contribution is -2.46. The molecule has 1 N–H and O–H groups in total. The van der Waals surface area contributed by atoms with Crippen molar-refractivity contribution >= 4 is 5.91 Å². The summed E-state index contributed by atoms with van der Waals surface area (Å²) in [6.45, 7) is 3.94. The zero-order valence-corrected chi connectivity index (χ0v) is 12.6. The summed E-state index contributed by atoms with van der Waals surface area (Å²) in [5, 5.41) is 11.8. The summed E-state index contributed by atoms with van der Waals surface area (Å²) in [5.74, 6) is 1.07. The molecule has 1 saturated carbocycles. The van der Waals surface area contributed by atoms with Crippen LogP contribution in [-0.2, 0) is 4.79 Å². The predicted molar refractivity (Wildman–Crippen MR) is 80.8 cm³/mol. The molecule has 3 atom stereocenters. The minimum Gasteiger partial charge on any atom is -0.481 e. The van der Waals surface area contributed by atoms with Gasteiger partial charge in [0.05, 0.1) is 11.6 Å². The largest absolute Gasteiger partial charge is 0.481 e. The van der Waals surface area contributed by atoms with Gasteiger partial charge in [-0.25, -0.2) is 0 Å². The van der Waals surface area contributed by atoms with Crippen molar-refractivity contribution in [2.75, 3.05) is 0 Å². The molecule has 112 valence electrons. The predicted octanol–water partition coefficient (Wildman–Crippen LogP) is 3.02. The van der Waals surface area contributed by atoms with Gasteiger partial charge in [0.25, 0.3) is 5.91 Å². The van der Waals surface area contributed by atoms with Gasteiger partial charge in [0, 0.05) is 6.04 Å². The zero-order valence-electron chi connectivity index (χ0n) is 12.6. The minimum absolute atomic E-state index is 0.0712. The van der Waals surface area contributed by atoms with Gasteiger partial charge in [0.2, 0.25) is 0 Å². The van der Waals surface area contributed by atoms with Crippen molar-refractivity contribution in [3.63, 3.8) is 0 Å². The number of hydrogen-bond acceptors (Lipinski definition) is 3. The third kappa shape index (κ3) is 4.22. The highest BCUT2D eigenvalue weighted by molar-refractivity contribution is 5.81. The fourth-order valence-corrected chi connectivity index (χ4v) is 2.70. The molecule has 1 aromatic rings. The smallest absolute Gasteiger partial charge is 0.261 e. The lowest BCUT2D eigenvalue weighted by Gasteiger charge is -2.30. The van der Waals surface area contributed by atoms with Crippen LogP contribution in [0.5, 0.6) is 5.75 Å². The van der Waals surface area contributed by atoms with E-state index in [2.05, 4.69) is 18.3 Å². The molecule has 3 unspecified atom stereocenters. The molecule has 1 aliphatic carbocycles. The van der Waals surface area contributed by atoms with Gasteiger partial charge in [-0.1, -0.05) is 19.8 Å². The van der Waals surface area contributed by atoms with Crippen LogP contribution < -0.4 is 10.1 Å². The van der Waals surface area contributed by atoms with Crippen LogP contribution in [0.25, 0.3) is 0 Å². The molecular weight excluding hydrogens is 264 g/mol. The number of rotatable bonds is 4. The number of amides is 1. The average molecular weight is 286 g/mol. The van der Waals surface area contributed by atoms with Gasteiger partial charge >= 0.3 is 0 Å². The van der Waals surface area contributed by atoms with Crippen LogP contribution in [-0.4, -0.2) is 18.1 Å². The molecular formula is C17H22N2O2. The van der Waals surface area contributed by atoms with Crippen LogP contribution in [0.2, 0.25) is 0 Å². The second kappa shape index (κ2) is 7.12. The molecule has 0 heterocycles. The van der Waals surface area contributed by atoms with E-state index in [1.54, 1.807) is 31.2 Å². The maximum atomic E-state index is 12.2. The Kier molecular flexibility index (Phi) is 5.21. The van der Waals surface area contributed by atoms with E-state index in [0.717, 1.165) is 6.42 Å². The Morgan fingerprint density at radius 2 is 2.00 bits per heavy atom. The molecule has 0 bridgehead atoms. The second-order valence-corrected chi connectivity index (χ2v) is 5.77. The molecule has 0 spiro atoms. The van der Waals surface area contributed by atoms with Crippen molar-refractivity contribution in [1.29, 1.82) is 5.26 Å². The van der Waals surface area contributed by atoms with Crippen molar-refractivity contribution in [2.45, 2.75) is 51.7 Å². The molecule has 1 aliphatic rings. The van der Waals surface area contributed by atoms with Gasteiger partial charge in [0.15, 0.2) is 6.10 Å². The Bertz CT molecular complexity index is 519. The first-order valence-corrected chi connectivity index (χ1v) is 7.57. The summed E-state index contributed by atoms with van der Waals surface area (Å²) in [4.78, 5) is 12.2. The number of nitriles is 1. The summed E-state index contributed by atoms with van der Waals surface area (Å²) in [6, 6.07) is 9.11. The lowest BCUT2D eigenvalue weighted by molar-refractivity contribution is -0.128. The average Bonchev–Trinajstić information content (AvgIpc) is 2.50. The van der Waals surface area contributed by atoms with Crippen LogP contribution in [0, 0.1) is 17.2 Å². The first-order chi connectivity index (χ1) is 10.1. The van der Waals surface area contributed by atoms with Crippen molar-refractivity contribution < 1.29 is 9.53 Å². The molecule has 1 aromatic carbocycles. The monoisotopic (exact) mass is 286 g/mol. The maximum Gasteiger partial charge on any atom is 0.261 e. The van der Waals surface area contributed by atoms with Crippen LogP contribution >= 0.6 is 0 Å². The molecule has 1 fully saturated rings. The highest BCUT2D eigenvalue weighted by Gasteiger charge is 2.25. The highest BCUT2D eigenvalue weighted by Crippen LogP contribution is 2.24. The molecule has 0 aromatic heterocycles. The summed E-state index contributed by atoms with van der Waals surface area (Å²) in [7, 11) is 0. The minimum atomic E-state index is -0.535. The van der Waals surface area contributed by atoms with E-state index in [1.807, 2.05) is 0 Å². The molecule has 2 rings (SSSR count). The van der Waals surface area contributed by atoms with E-state index in [1.165, 1.54) is 19.3 Å². The molecule has 0 aliphatic heterocycles. The van der Waals surface area contributed by atoms with Crippen LogP contribution in [0.1, 0.15) is 45.1 Å². The molecule has 21 heavy (non-hydrogen) atoms. The van der Waals surface area contributed by atoms with Gasteiger partial charge in [-0.2, -0.15) is 5.26 Å². The van der Waals surface area contributed by atoms with Gasteiger partial charge in [-0.3, -0.25) is 4.79 Å². The first kappa shape index (κ1) is 15.4. The van der Waals surface area contributed by atoms with E-state index >= 15 is 0 Å². The van der Waals surface area contributed by atoms with E-state index < -0.39 is 6.10 Å². The Labute approximate surface area is 126 Å². The van der Waals surface area contributed by atoms with Gasteiger partial charge < -0.3 is 10.1 Å². The van der Waals surface area contributed by atoms with Crippen molar-refractivity contribution in [3.8, 4) is 11.8 Å². The van der Waals surface area contributed by atoms with Crippen molar-refractivity contribution in [2.24, 2.45) is 5.92 Å². The van der Waals surface area contributed by atoms with Gasteiger partial charge in [-0.15, -0.1) is 0 Å². The molecule has 4 heteroatoms. The highest BCUT2D eigenvalue weighted by atomic mass is 16.5. The Balaban J connectivity index is 1.88. The van der Waals surface area contributed by atoms with E-state index in [0.29, 0.717) is 17.2 Å². The number of carbonyl (C=O) groups is 1. The summed E-state index contributed by atoms with van der Waals surface area (Å²) in [5.41, 5.74) is 0.579. The Hall–Kier alpha value is -2.02. The third-order valence-corrected chi connectivity index (χ3v) is 4.10. The normalized spacial score (nSPS) is 22.9. The Morgan fingerprint density at radius 3 is 2.62 bits per heavy atom. The number of hydrogen-bond donors (Lipinski definition) is 1. The summed E-state index contributed by atoms with van der Waals surface area (Å²) >= 11 is 0. The van der Waals surface area contributed by atoms with E-state index in [4.69, 9.17) is 10.00 Å². The SMILES string of the molecule is CC(Oc1ccc(C#N)cc1)C(=O)NC1CCCCC1C. The number of nitrogens with zero attached hydrogens (tertiary/aromatic N) is 1. The Morgan fingerprint density at radius 1 is 1.33 bits per heavy atom. The van der Waals surface area contributed by atoms with Gasteiger partial charge in [-0.05, 0) is 49.9 Å². The summed E-state index contributed by atoms with van der Waals surface area (Å²) in [6.07, 6.45) is 4.13.